The van der Waals surface area contributed by atoms with Crippen LogP contribution in [0, 0.1) is 5.82 Å². The number of furan rings is 1. The van der Waals surface area contributed by atoms with Gasteiger partial charge in [-0.2, -0.15) is 0 Å². The fourth-order valence-corrected chi connectivity index (χ4v) is 3.32. The summed E-state index contributed by atoms with van der Waals surface area (Å²) in [7, 11) is 0. The highest BCUT2D eigenvalue weighted by Crippen LogP contribution is 2.44. The van der Waals surface area contributed by atoms with E-state index < -0.39 is 17.8 Å². The summed E-state index contributed by atoms with van der Waals surface area (Å²) in [6, 6.07) is 18.1. The first-order chi connectivity index (χ1) is 12.7. The first-order valence-electron chi connectivity index (χ1n) is 8.23. The molecule has 1 aromatic heterocycles. The van der Waals surface area contributed by atoms with Crippen LogP contribution in [0.1, 0.15) is 22.9 Å². The van der Waals surface area contributed by atoms with Crippen molar-refractivity contribution < 1.29 is 18.7 Å². The van der Waals surface area contributed by atoms with Crippen molar-refractivity contribution >= 4 is 11.5 Å². The standard InChI is InChI=1S/C21H16FNO3/c22-17-11-5-4-10-16(17)19-18(14-7-2-1-3-8-14)20(24)21(25)23(19)13-15-9-6-12-26-15/h1-12,19,24H,13H2. The number of hydrogen-bond donors (Lipinski definition) is 1. The van der Waals surface area contributed by atoms with Gasteiger partial charge in [0.1, 0.15) is 11.6 Å². The fourth-order valence-electron chi connectivity index (χ4n) is 3.32. The number of benzene rings is 2. The van der Waals surface area contributed by atoms with Crippen LogP contribution in [0.2, 0.25) is 0 Å². The normalized spacial score (nSPS) is 17.2. The zero-order chi connectivity index (χ0) is 18.1. The van der Waals surface area contributed by atoms with E-state index in [-0.39, 0.29) is 12.3 Å². The monoisotopic (exact) mass is 349 g/mol. The van der Waals surface area contributed by atoms with Gasteiger partial charge in [0.15, 0.2) is 5.76 Å². The Morgan fingerprint density at radius 2 is 1.73 bits per heavy atom. The molecule has 3 aromatic rings. The summed E-state index contributed by atoms with van der Waals surface area (Å²) < 4.78 is 19.9. The van der Waals surface area contributed by atoms with E-state index in [4.69, 9.17) is 4.42 Å². The van der Waals surface area contributed by atoms with Gasteiger partial charge < -0.3 is 14.4 Å². The van der Waals surface area contributed by atoms with Gasteiger partial charge in [0.2, 0.25) is 0 Å². The number of rotatable bonds is 4. The van der Waals surface area contributed by atoms with Gasteiger partial charge in [-0.1, -0.05) is 48.5 Å². The lowest BCUT2D eigenvalue weighted by Gasteiger charge is -2.27. The molecular weight excluding hydrogens is 333 g/mol. The summed E-state index contributed by atoms with van der Waals surface area (Å²) >= 11 is 0. The predicted octanol–water partition coefficient (Wildman–Crippen LogP) is 4.47. The third-order valence-corrected chi connectivity index (χ3v) is 4.49. The average molecular weight is 349 g/mol. The highest BCUT2D eigenvalue weighted by Gasteiger charge is 2.42. The molecule has 0 saturated carbocycles. The second kappa shape index (κ2) is 6.52. The number of carbonyl (C=O) groups excluding carboxylic acids is 1. The van der Waals surface area contributed by atoms with Crippen LogP contribution >= 0.6 is 0 Å². The van der Waals surface area contributed by atoms with Crippen LogP contribution in [-0.4, -0.2) is 15.9 Å². The van der Waals surface area contributed by atoms with Crippen LogP contribution in [0.25, 0.3) is 5.57 Å². The quantitative estimate of drug-likeness (QED) is 0.756. The van der Waals surface area contributed by atoms with E-state index in [0.29, 0.717) is 22.5 Å². The smallest absolute Gasteiger partial charge is 0.290 e. The SMILES string of the molecule is O=C1C(O)=C(c2ccccc2)C(c2ccccc2F)N1Cc1ccco1. The maximum absolute atomic E-state index is 14.6. The largest absolute Gasteiger partial charge is 0.503 e. The number of aliphatic hydroxyl groups excluding tert-OH is 1. The van der Waals surface area contributed by atoms with Crippen molar-refractivity contribution in [2.45, 2.75) is 12.6 Å². The van der Waals surface area contributed by atoms with E-state index >= 15 is 0 Å². The van der Waals surface area contributed by atoms with Crippen molar-refractivity contribution in [3.63, 3.8) is 0 Å². The summed E-state index contributed by atoms with van der Waals surface area (Å²) in [5, 5.41) is 10.6. The van der Waals surface area contributed by atoms with Gasteiger partial charge in [-0.05, 0) is 23.8 Å². The van der Waals surface area contributed by atoms with Gasteiger partial charge in [0.05, 0.1) is 18.8 Å². The number of nitrogens with zero attached hydrogens (tertiary/aromatic N) is 1. The van der Waals surface area contributed by atoms with Gasteiger partial charge in [0.25, 0.3) is 5.91 Å². The maximum atomic E-state index is 14.6. The molecule has 26 heavy (non-hydrogen) atoms. The van der Waals surface area contributed by atoms with Crippen molar-refractivity contribution in [2.75, 3.05) is 0 Å². The zero-order valence-electron chi connectivity index (χ0n) is 13.8. The van der Waals surface area contributed by atoms with Crippen molar-refractivity contribution in [3.05, 3.63) is 101 Å². The molecule has 0 spiro atoms. The van der Waals surface area contributed by atoms with E-state index in [1.54, 1.807) is 42.5 Å². The number of amides is 1. The Balaban J connectivity index is 1.86. The summed E-state index contributed by atoms with van der Waals surface area (Å²) in [4.78, 5) is 14.2. The van der Waals surface area contributed by atoms with Crippen LogP contribution in [0.15, 0.2) is 83.2 Å². The lowest BCUT2D eigenvalue weighted by atomic mass is 9.93. The van der Waals surface area contributed by atoms with Gasteiger partial charge in [-0.15, -0.1) is 0 Å². The van der Waals surface area contributed by atoms with E-state index in [9.17, 15) is 14.3 Å². The van der Waals surface area contributed by atoms with Gasteiger partial charge in [0, 0.05) is 11.1 Å². The van der Waals surface area contributed by atoms with E-state index in [2.05, 4.69) is 0 Å². The first kappa shape index (κ1) is 16.1. The number of hydrogen-bond acceptors (Lipinski definition) is 3. The van der Waals surface area contributed by atoms with E-state index in [1.807, 2.05) is 18.2 Å². The Bertz CT molecular complexity index is 964. The predicted molar refractivity (Wildman–Crippen MR) is 94.4 cm³/mol. The molecule has 5 heteroatoms. The topological polar surface area (TPSA) is 53.7 Å². The Morgan fingerprint density at radius 1 is 1.00 bits per heavy atom. The molecule has 1 N–H and O–H groups in total. The van der Waals surface area contributed by atoms with Crippen LogP contribution in [-0.2, 0) is 11.3 Å². The van der Waals surface area contributed by atoms with Crippen LogP contribution in [0.3, 0.4) is 0 Å². The molecule has 2 aromatic carbocycles. The minimum absolute atomic E-state index is 0.130. The molecule has 1 aliphatic rings. The lowest BCUT2D eigenvalue weighted by molar-refractivity contribution is -0.130. The molecule has 130 valence electrons. The van der Waals surface area contributed by atoms with E-state index in [0.717, 1.165) is 0 Å². The van der Waals surface area contributed by atoms with Crippen molar-refractivity contribution in [1.29, 1.82) is 0 Å². The Hall–Kier alpha value is -3.34. The van der Waals surface area contributed by atoms with Crippen LogP contribution in [0.5, 0.6) is 0 Å². The van der Waals surface area contributed by atoms with Crippen LogP contribution < -0.4 is 0 Å². The minimum atomic E-state index is -0.740. The third kappa shape index (κ3) is 2.67. The molecule has 1 aliphatic heterocycles. The highest BCUT2D eigenvalue weighted by atomic mass is 19.1. The molecule has 1 atom stereocenters. The summed E-state index contributed by atoms with van der Waals surface area (Å²) in [5.74, 6) is -0.788. The molecule has 0 saturated heterocycles. The van der Waals surface area contributed by atoms with Crippen molar-refractivity contribution in [2.24, 2.45) is 0 Å². The average Bonchev–Trinajstić information content (AvgIpc) is 3.25. The molecule has 1 unspecified atom stereocenters. The second-order valence-corrected chi connectivity index (χ2v) is 6.06. The van der Waals surface area contributed by atoms with Crippen molar-refractivity contribution in [3.8, 4) is 0 Å². The zero-order valence-corrected chi connectivity index (χ0v) is 13.8. The summed E-state index contributed by atoms with van der Waals surface area (Å²) in [6.45, 7) is 0.130. The molecule has 2 heterocycles. The maximum Gasteiger partial charge on any atom is 0.290 e. The van der Waals surface area contributed by atoms with Gasteiger partial charge in [-0.25, -0.2) is 4.39 Å². The number of aliphatic hydroxyl groups is 1. The van der Waals surface area contributed by atoms with Crippen molar-refractivity contribution in [1.82, 2.24) is 4.90 Å². The minimum Gasteiger partial charge on any atom is -0.503 e. The number of halogens is 1. The molecule has 0 radical (unpaired) electrons. The summed E-state index contributed by atoms with van der Waals surface area (Å²) in [5.41, 5.74) is 1.40. The fraction of sp³-hybridized carbons (Fsp3) is 0.0952. The van der Waals surface area contributed by atoms with Gasteiger partial charge in [-0.3, -0.25) is 4.79 Å². The molecule has 1 amide bonds. The molecule has 0 aliphatic carbocycles. The first-order valence-corrected chi connectivity index (χ1v) is 8.23. The highest BCUT2D eigenvalue weighted by molar-refractivity contribution is 6.05. The molecule has 4 nitrogen and oxygen atoms in total. The van der Waals surface area contributed by atoms with Gasteiger partial charge >= 0.3 is 0 Å². The lowest BCUT2D eigenvalue weighted by Crippen LogP contribution is -2.30. The summed E-state index contributed by atoms with van der Waals surface area (Å²) in [6.07, 6.45) is 1.51. The molecule has 0 bridgehead atoms. The Morgan fingerprint density at radius 3 is 2.42 bits per heavy atom. The van der Waals surface area contributed by atoms with Crippen LogP contribution in [0.4, 0.5) is 4.39 Å². The Kier molecular flexibility index (Phi) is 4.05. The molecule has 4 rings (SSSR count). The second-order valence-electron chi connectivity index (χ2n) is 6.06. The number of carbonyl (C=O) groups is 1. The molecular formula is C21H16FNO3. The third-order valence-electron chi connectivity index (χ3n) is 4.49. The van der Waals surface area contributed by atoms with E-state index in [1.165, 1.54) is 17.2 Å². The Labute approximate surface area is 149 Å². The molecule has 0 fully saturated rings.